The quantitative estimate of drug-likeness (QED) is 0.716. The summed E-state index contributed by atoms with van der Waals surface area (Å²) in [6.07, 6.45) is 0.0110. The minimum atomic E-state index is -0.690. The predicted octanol–water partition coefficient (Wildman–Crippen LogP) is 4.10. The van der Waals surface area contributed by atoms with Gasteiger partial charge in [-0.3, -0.25) is 9.59 Å². The number of thiophene rings is 1. The second-order valence-corrected chi connectivity index (χ2v) is 8.16. The number of amides is 2. The molecule has 0 saturated heterocycles. The molecule has 0 spiro atoms. The molecule has 0 saturated carbocycles. The number of hydrogen-bond acceptors (Lipinski definition) is 5. The number of likely N-dealkylation sites (N-methyl/N-ethyl adjacent to an activating group) is 1. The number of benzene rings is 1. The molecule has 1 aliphatic heterocycles. The molecule has 0 radical (unpaired) electrons. The molecular weight excluding hydrogens is 385 g/mol. The first-order chi connectivity index (χ1) is 13.0. The van der Waals surface area contributed by atoms with E-state index in [1.165, 1.54) is 29.5 Å². The molecule has 27 heavy (non-hydrogen) atoms. The molecular formula is C19H16FN3O2S2. The Labute approximate surface area is 163 Å². The number of carbonyl (C=O) groups is 2. The number of anilines is 1. The fraction of sp³-hybridized carbons (Fsp3) is 0.211. The van der Waals surface area contributed by atoms with Crippen LogP contribution >= 0.6 is 22.7 Å². The molecule has 4 rings (SSSR count). The number of fused-ring (bicyclic) bond motifs is 1. The lowest BCUT2D eigenvalue weighted by atomic mass is 9.89. The van der Waals surface area contributed by atoms with Crippen LogP contribution in [0.5, 0.6) is 0 Å². The van der Waals surface area contributed by atoms with Crippen LogP contribution < -0.4 is 5.32 Å². The summed E-state index contributed by atoms with van der Waals surface area (Å²) in [5, 5.41) is 7.54. The highest BCUT2D eigenvalue weighted by molar-refractivity contribution is 7.20. The number of rotatable bonds is 4. The minimum absolute atomic E-state index is 0.0110. The highest BCUT2D eigenvalue weighted by Gasteiger charge is 2.33. The first kappa shape index (κ1) is 17.8. The third kappa shape index (κ3) is 3.63. The van der Waals surface area contributed by atoms with Crippen molar-refractivity contribution in [1.82, 2.24) is 9.88 Å². The van der Waals surface area contributed by atoms with Gasteiger partial charge in [-0.2, -0.15) is 0 Å². The Morgan fingerprint density at radius 3 is 3.00 bits per heavy atom. The molecule has 0 aliphatic carbocycles. The molecule has 2 aromatic heterocycles. The van der Waals surface area contributed by atoms with E-state index in [-0.39, 0.29) is 18.2 Å². The Balaban J connectivity index is 1.53. The molecule has 0 unspecified atom stereocenters. The standard InChI is InChI=1S/C19H16FN3O2S2/c1-23(9-12-10-27-18(21-12)16-3-2-6-26-16)19(25)14-8-17(24)22-15-5-4-11(20)7-13(14)15/h2-7,10,14H,8-9H2,1H3,(H,22,24)/t14-/m1/s1. The Hall–Kier alpha value is -2.58. The van der Waals surface area contributed by atoms with Crippen LogP contribution in [0.4, 0.5) is 10.1 Å². The fourth-order valence-electron chi connectivity index (χ4n) is 3.13. The molecule has 1 atom stereocenters. The van der Waals surface area contributed by atoms with Gasteiger partial charge in [0.25, 0.3) is 0 Å². The molecule has 0 bridgehead atoms. The molecule has 3 aromatic rings. The third-order valence-electron chi connectivity index (χ3n) is 4.41. The highest BCUT2D eigenvalue weighted by Crippen LogP contribution is 2.34. The van der Waals surface area contributed by atoms with E-state index >= 15 is 0 Å². The van der Waals surface area contributed by atoms with Crippen molar-refractivity contribution < 1.29 is 14.0 Å². The van der Waals surface area contributed by atoms with E-state index in [2.05, 4.69) is 10.3 Å². The topological polar surface area (TPSA) is 62.3 Å². The van der Waals surface area contributed by atoms with Gasteiger partial charge in [0.2, 0.25) is 11.8 Å². The predicted molar refractivity (Wildman–Crippen MR) is 104 cm³/mol. The molecule has 8 heteroatoms. The maximum absolute atomic E-state index is 13.7. The zero-order valence-electron chi connectivity index (χ0n) is 14.4. The summed E-state index contributed by atoms with van der Waals surface area (Å²) in [6.45, 7) is 0.337. The van der Waals surface area contributed by atoms with Crippen molar-refractivity contribution in [1.29, 1.82) is 0 Å². The van der Waals surface area contributed by atoms with E-state index in [4.69, 9.17) is 0 Å². The Kier molecular flexibility index (Phi) is 4.75. The van der Waals surface area contributed by atoms with Crippen LogP contribution in [0.2, 0.25) is 0 Å². The number of halogens is 1. The lowest BCUT2D eigenvalue weighted by Gasteiger charge is -2.28. The van der Waals surface area contributed by atoms with Crippen molar-refractivity contribution >= 4 is 40.2 Å². The van der Waals surface area contributed by atoms with Gasteiger partial charge in [0, 0.05) is 24.5 Å². The molecule has 138 valence electrons. The zero-order valence-corrected chi connectivity index (χ0v) is 16.1. The number of carbonyl (C=O) groups excluding carboxylic acids is 2. The largest absolute Gasteiger partial charge is 0.339 e. The van der Waals surface area contributed by atoms with Gasteiger partial charge in [-0.15, -0.1) is 22.7 Å². The average molecular weight is 401 g/mol. The smallest absolute Gasteiger partial charge is 0.230 e. The summed E-state index contributed by atoms with van der Waals surface area (Å²) in [6, 6.07) is 8.07. The van der Waals surface area contributed by atoms with Gasteiger partial charge in [-0.05, 0) is 35.2 Å². The molecule has 1 N–H and O–H groups in total. The van der Waals surface area contributed by atoms with E-state index in [1.807, 2.05) is 22.9 Å². The normalized spacial score (nSPS) is 15.9. The van der Waals surface area contributed by atoms with Crippen LogP contribution in [0.1, 0.15) is 23.6 Å². The van der Waals surface area contributed by atoms with E-state index in [9.17, 15) is 14.0 Å². The SMILES string of the molecule is CN(Cc1csc(-c2cccs2)n1)C(=O)[C@@H]1CC(=O)Nc2ccc(F)cc21. The molecule has 3 heterocycles. The Morgan fingerprint density at radius 2 is 2.22 bits per heavy atom. The first-order valence-corrected chi connectivity index (χ1v) is 10.1. The van der Waals surface area contributed by atoms with E-state index in [0.717, 1.165) is 15.6 Å². The maximum atomic E-state index is 13.7. The number of hydrogen-bond donors (Lipinski definition) is 1. The Bertz CT molecular complexity index is 1000. The molecule has 1 aliphatic rings. The number of nitrogens with one attached hydrogen (secondary N) is 1. The van der Waals surface area contributed by atoms with Crippen LogP contribution in [0, 0.1) is 5.82 Å². The van der Waals surface area contributed by atoms with Crippen molar-refractivity contribution in [3.63, 3.8) is 0 Å². The van der Waals surface area contributed by atoms with Crippen LogP contribution in [-0.4, -0.2) is 28.7 Å². The second-order valence-electron chi connectivity index (χ2n) is 6.35. The molecule has 5 nitrogen and oxygen atoms in total. The van der Waals surface area contributed by atoms with Gasteiger partial charge >= 0.3 is 0 Å². The molecule has 2 amide bonds. The summed E-state index contributed by atoms with van der Waals surface area (Å²) in [4.78, 5) is 32.1. The second kappa shape index (κ2) is 7.21. The third-order valence-corrected chi connectivity index (χ3v) is 6.34. The van der Waals surface area contributed by atoms with Crippen LogP contribution in [-0.2, 0) is 16.1 Å². The van der Waals surface area contributed by atoms with Crippen molar-refractivity contribution in [3.05, 3.63) is 58.2 Å². The fourth-order valence-corrected chi connectivity index (χ4v) is 4.76. The zero-order chi connectivity index (χ0) is 19.0. The summed E-state index contributed by atoms with van der Waals surface area (Å²) in [7, 11) is 1.68. The summed E-state index contributed by atoms with van der Waals surface area (Å²) in [5.74, 6) is -1.58. The van der Waals surface area contributed by atoms with Crippen LogP contribution in [0.25, 0.3) is 9.88 Å². The van der Waals surface area contributed by atoms with Crippen molar-refractivity contribution in [2.24, 2.45) is 0 Å². The summed E-state index contributed by atoms with van der Waals surface area (Å²) < 4.78 is 13.7. The lowest BCUT2D eigenvalue weighted by molar-refractivity contribution is -0.134. The highest BCUT2D eigenvalue weighted by atomic mass is 32.1. The molecule has 0 fully saturated rings. The molecule has 1 aromatic carbocycles. The summed E-state index contributed by atoms with van der Waals surface area (Å²) >= 11 is 3.15. The first-order valence-electron chi connectivity index (χ1n) is 8.34. The van der Waals surface area contributed by atoms with Gasteiger partial charge < -0.3 is 10.2 Å². The van der Waals surface area contributed by atoms with E-state index < -0.39 is 11.7 Å². The van der Waals surface area contributed by atoms with Gasteiger partial charge in [-0.25, -0.2) is 9.37 Å². The van der Waals surface area contributed by atoms with Crippen LogP contribution in [0.15, 0.2) is 41.1 Å². The van der Waals surface area contributed by atoms with Crippen LogP contribution in [0.3, 0.4) is 0 Å². The number of aromatic nitrogens is 1. The summed E-state index contributed by atoms with van der Waals surface area (Å²) in [5.41, 5.74) is 1.80. The average Bonchev–Trinajstić information content (AvgIpc) is 3.32. The van der Waals surface area contributed by atoms with Gasteiger partial charge in [0.05, 0.1) is 23.0 Å². The maximum Gasteiger partial charge on any atom is 0.230 e. The monoisotopic (exact) mass is 401 g/mol. The van der Waals surface area contributed by atoms with E-state index in [1.54, 1.807) is 23.3 Å². The van der Waals surface area contributed by atoms with Gasteiger partial charge in [-0.1, -0.05) is 6.07 Å². The van der Waals surface area contributed by atoms with Crippen molar-refractivity contribution in [3.8, 4) is 9.88 Å². The van der Waals surface area contributed by atoms with Crippen molar-refractivity contribution in [2.45, 2.75) is 18.9 Å². The van der Waals surface area contributed by atoms with E-state index in [0.29, 0.717) is 17.8 Å². The van der Waals surface area contributed by atoms with Gasteiger partial charge in [0.1, 0.15) is 10.8 Å². The van der Waals surface area contributed by atoms with Gasteiger partial charge in [0.15, 0.2) is 0 Å². The lowest BCUT2D eigenvalue weighted by Crippen LogP contribution is -2.36. The van der Waals surface area contributed by atoms with Crippen molar-refractivity contribution in [2.75, 3.05) is 12.4 Å². The Morgan fingerprint density at radius 1 is 1.37 bits per heavy atom. The number of nitrogens with zero attached hydrogens (tertiary/aromatic N) is 2. The minimum Gasteiger partial charge on any atom is -0.339 e. The number of thiazole rings is 1.